The van der Waals surface area contributed by atoms with Gasteiger partial charge in [-0.05, 0) is 64.0 Å². The van der Waals surface area contributed by atoms with E-state index in [2.05, 4.69) is 67.7 Å². The van der Waals surface area contributed by atoms with Gasteiger partial charge in [0.1, 0.15) is 30.3 Å². The van der Waals surface area contributed by atoms with Crippen molar-refractivity contribution in [3.63, 3.8) is 0 Å². The SMILES string of the molecule is CC1(C)O[C@@H]2[C@H](O1)[C@@H](O[Si](C)(C)C(C)(C)C)O[C@H]2[C@H](C(=O)O)[C@H](O[Si](C)(C)C(C)(C)C)[C@H]1COC(C)(C)O1. The molecule has 0 saturated carbocycles. The molecular weight excluding hydrogens is 524 g/mol. The number of carboxylic acids is 1. The number of carbonyl (C=O) groups is 1. The summed E-state index contributed by atoms with van der Waals surface area (Å²) in [4.78, 5) is 13.1. The van der Waals surface area contributed by atoms with Crippen LogP contribution in [0, 0.1) is 5.92 Å². The van der Waals surface area contributed by atoms with Crippen LogP contribution in [-0.2, 0) is 37.3 Å². The molecule has 9 nitrogen and oxygen atoms in total. The van der Waals surface area contributed by atoms with Gasteiger partial charge in [-0.15, -0.1) is 0 Å². The van der Waals surface area contributed by atoms with Crippen molar-refractivity contribution in [2.45, 2.75) is 154 Å². The number of ether oxygens (including phenoxy) is 5. The molecule has 3 heterocycles. The van der Waals surface area contributed by atoms with E-state index in [9.17, 15) is 9.90 Å². The van der Waals surface area contributed by atoms with Crippen LogP contribution in [0.2, 0.25) is 36.3 Å². The van der Waals surface area contributed by atoms with Crippen LogP contribution < -0.4 is 0 Å². The lowest BCUT2D eigenvalue weighted by atomic mass is 9.89. The molecule has 0 radical (unpaired) electrons. The van der Waals surface area contributed by atoms with Crippen LogP contribution in [0.3, 0.4) is 0 Å². The molecule has 3 saturated heterocycles. The molecule has 222 valence electrons. The van der Waals surface area contributed by atoms with Crippen LogP contribution in [0.5, 0.6) is 0 Å². The van der Waals surface area contributed by atoms with Crippen molar-refractivity contribution in [2.24, 2.45) is 5.92 Å². The van der Waals surface area contributed by atoms with Crippen LogP contribution in [0.25, 0.3) is 0 Å². The molecule has 11 heteroatoms. The van der Waals surface area contributed by atoms with Gasteiger partial charge in [-0.2, -0.15) is 0 Å². The van der Waals surface area contributed by atoms with E-state index < -0.39 is 76.9 Å². The molecule has 3 aliphatic heterocycles. The van der Waals surface area contributed by atoms with E-state index in [0.29, 0.717) is 0 Å². The van der Waals surface area contributed by atoms with Gasteiger partial charge in [0.25, 0.3) is 0 Å². The van der Waals surface area contributed by atoms with Crippen molar-refractivity contribution in [3.8, 4) is 0 Å². The van der Waals surface area contributed by atoms with Crippen molar-refractivity contribution in [3.05, 3.63) is 0 Å². The summed E-state index contributed by atoms with van der Waals surface area (Å²) >= 11 is 0. The third-order valence-electron chi connectivity index (χ3n) is 8.89. The lowest BCUT2D eigenvalue weighted by molar-refractivity contribution is -0.230. The minimum absolute atomic E-state index is 0.0697. The van der Waals surface area contributed by atoms with E-state index in [4.69, 9.17) is 32.5 Å². The Morgan fingerprint density at radius 1 is 0.868 bits per heavy atom. The summed E-state index contributed by atoms with van der Waals surface area (Å²) in [5.74, 6) is -3.87. The smallest absolute Gasteiger partial charge is 0.311 e. The first-order valence-corrected chi connectivity index (χ1v) is 19.6. The van der Waals surface area contributed by atoms with Gasteiger partial charge in [0, 0.05) is 0 Å². The minimum atomic E-state index is -2.43. The van der Waals surface area contributed by atoms with E-state index in [1.54, 1.807) is 0 Å². The predicted molar refractivity (Wildman–Crippen MR) is 149 cm³/mol. The molecule has 1 N–H and O–H groups in total. The van der Waals surface area contributed by atoms with E-state index in [1.807, 2.05) is 27.7 Å². The summed E-state index contributed by atoms with van der Waals surface area (Å²) in [6.07, 6.45) is -4.22. The van der Waals surface area contributed by atoms with Crippen molar-refractivity contribution in [1.29, 1.82) is 0 Å². The Labute approximate surface area is 231 Å². The maximum Gasteiger partial charge on any atom is 0.311 e. The number of fused-ring (bicyclic) bond motifs is 1. The molecule has 0 aliphatic carbocycles. The molecule has 3 rings (SSSR count). The largest absolute Gasteiger partial charge is 0.481 e. The molecule has 0 spiro atoms. The fraction of sp³-hybridized carbons (Fsp3) is 0.963. The molecule has 38 heavy (non-hydrogen) atoms. The summed E-state index contributed by atoms with van der Waals surface area (Å²) in [5, 5.41) is 10.5. The van der Waals surface area contributed by atoms with Gasteiger partial charge in [-0.3, -0.25) is 4.79 Å². The minimum Gasteiger partial charge on any atom is -0.481 e. The zero-order chi connectivity index (χ0) is 29.3. The van der Waals surface area contributed by atoms with E-state index >= 15 is 0 Å². The average Bonchev–Trinajstić information content (AvgIpc) is 3.30. The standard InChI is InChI=1S/C27H52O9Si2/c1-24(2,3)37(11,12)35-18(16-15-30-26(7,8)32-16)17(22(28)29)19-20-21(34-27(9,10)33-20)23(31-19)36-38(13,14)25(4,5)6/h16-21,23H,15H2,1-14H3,(H,28,29)/t16-,17-,18-,19+,20+,21+,23-/m1/s1. The number of rotatable bonds is 8. The van der Waals surface area contributed by atoms with Gasteiger partial charge in [-0.1, -0.05) is 41.5 Å². The normalized spacial score (nSPS) is 33.3. The Morgan fingerprint density at radius 3 is 1.84 bits per heavy atom. The van der Waals surface area contributed by atoms with E-state index in [0.717, 1.165) is 0 Å². The summed E-state index contributed by atoms with van der Waals surface area (Å²) in [6, 6.07) is 0. The van der Waals surface area contributed by atoms with Crippen molar-refractivity contribution in [1.82, 2.24) is 0 Å². The van der Waals surface area contributed by atoms with Gasteiger partial charge in [-0.25, -0.2) is 0 Å². The molecule has 0 aromatic heterocycles. The Morgan fingerprint density at radius 2 is 1.39 bits per heavy atom. The van der Waals surface area contributed by atoms with Crippen LogP contribution >= 0.6 is 0 Å². The Bertz CT molecular complexity index is 875. The number of hydrogen-bond donors (Lipinski definition) is 1. The lowest BCUT2D eigenvalue weighted by Gasteiger charge is -2.43. The summed E-state index contributed by atoms with van der Waals surface area (Å²) in [5.41, 5.74) is 0. The summed E-state index contributed by atoms with van der Waals surface area (Å²) in [7, 11) is -4.71. The van der Waals surface area contributed by atoms with Crippen molar-refractivity contribution < 1.29 is 42.4 Å². The van der Waals surface area contributed by atoms with Crippen molar-refractivity contribution in [2.75, 3.05) is 6.61 Å². The molecule has 0 bridgehead atoms. The Hall–Kier alpha value is -0.376. The quantitative estimate of drug-likeness (QED) is 0.376. The topological polar surface area (TPSA) is 102 Å². The van der Waals surface area contributed by atoms with E-state index in [1.165, 1.54) is 0 Å². The van der Waals surface area contributed by atoms with Crippen LogP contribution in [0.4, 0.5) is 0 Å². The highest BCUT2D eigenvalue weighted by molar-refractivity contribution is 6.74. The van der Waals surface area contributed by atoms with Crippen LogP contribution in [0.1, 0.15) is 69.2 Å². The fourth-order valence-corrected chi connectivity index (χ4v) is 7.14. The van der Waals surface area contributed by atoms with Crippen LogP contribution in [-0.4, -0.2) is 82.7 Å². The highest BCUT2D eigenvalue weighted by atomic mass is 28.4. The van der Waals surface area contributed by atoms with Crippen LogP contribution in [0.15, 0.2) is 0 Å². The highest BCUT2D eigenvalue weighted by Crippen LogP contribution is 2.48. The maximum absolute atomic E-state index is 13.1. The van der Waals surface area contributed by atoms with E-state index in [-0.39, 0.29) is 16.7 Å². The van der Waals surface area contributed by atoms with Gasteiger partial charge in [0.2, 0.25) is 0 Å². The third-order valence-corrected chi connectivity index (χ3v) is 17.8. The number of hydrogen-bond acceptors (Lipinski definition) is 8. The Balaban J connectivity index is 2.03. The molecule has 0 amide bonds. The summed E-state index contributed by atoms with van der Waals surface area (Å²) in [6.45, 7) is 28.9. The van der Waals surface area contributed by atoms with Gasteiger partial charge >= 0.3 is 5.97 Å². The van der Waals surface area contributed by atoms with Gasteiger partial charge < -0.3 is 37.6 Å². The van der Waals surface area contributed by atoms with Gasteiger partial charge in [0.05, 0.1) is 12.7 Å². The molecule has 3 fully saturated rings. The second-order valence-corrected chi connectivity index (χ2v) is 24.5. The summed E-state index contributed by atoms with van der Waals surface area (Å²) < 4.78 is 44.7. The fourth-order valence-electron chi connectivity index (χ4n) is 4.69. The second kappa shape index (κ2) is 10.2. The molecule has 0 unspecified atom stereocenters. The average molecular weight is 577 g/mol. The maximum atomic E-state index is 13.1. The Kier molecular flexibility index (Phi) is 8.60. The monoisotopic (exact) mass is 576 g/mol. The zero-order valence-electron chi connectivity index (χ0n) is 26.0. The number of aliphatic carboxylic acids is 1. The molecule has 7 atom stereocenters. The second-order valence-electron chi connectivity index (χ2n) is 15.0. The third kappa shape index (κ3) is 6.57. The predicted octanol–water partition coefficient (Wildman–Crippen LogP) is 5.50. The first-order chi connectivity index (χ1) is 16.9. The van der Waals surface area contributed by atoms with Crippen molar-refractivity contribution >= 4 is 22.6 Å². The van der Waals surface area contributed by atoms with Gasteiger partial charge in [0.15, 0.2) is 34.5 Å². The molecule has 3 aliphatic rings. The lowest BCUT2D eigenvalue weighted by Crippen LogP contribution is -2.56. The molecule has 0 aromatic carbocycles. The zero-order valence-corrected chi connectivity index (χ0v) is 28.0. The first kappa shape index (κ1) is 32.1. The molecule has 0 aromatic rings. The highest BCUT2D eigenvalue weighted by Gasteiger charge is 2.63. The first-order valence-electron chi connectivity index (χ1n) is 13.8. The molecular formula is C27H52O9Si2. The number of carboxylic acid groups (broad SMARTS) is 1.